The summed E-state index contributed by atoms with van der Waals surface area (Å²) in [6, 6.07) is 13.0. The van der Waals surface area contributed by atoms with E-state index in [4.69, 9.17) is 0 Å². The number of carbonyl (C=O) groups excluding carboxylic acids is 1. The number of hydrogen-bond donors (Lipinski definition) is 1. The van der Waals surface area contributed by atoms with Gasteiger partial charge in [-0.2, -0.15) is 23.0 Å². The van der Waals surface area contributed by atoms with E-state index in [0.29, 0.717) is 29.3 Å². The van der Waals surface area contributed by atoms with Crippen LogP contribution in [0.1, 0.15) is 57.3 Å². The van der Waals surface area contributed by atoms with Crippen LogP contribution in [-0.4, -0.2) is 43.5 Å². The second kappa shape index (κ2) is 11.2. The minimum absolute atomic E-state index is 0.0243. The lowest BCUT2D eigenvalue weighted by molar-refractivity contribution is -0.137. The van der Waals surface area contributed by atoms with Crippen LogP contribution >= 0.6 is 0 Å². The molecule has 0 unspecified atom stereocenters. The normalized spacial score (nSPS) is 13.8. The summed E-state index contributed by atoms with van der Waals surface area (Å²) in [6.45, 7) is 7.96. The number of nitrogens with zero attached hydrogens (tertiary/aromatic N) is 5. The Labute approximate surface area is 231 Å². The molecule has 10 heteroatoms. The molecule has 1 fully saturated rings. The lowest BCUT2D eigenvalue weighted by Crippen LogP contribution is -2.36. The van der Waals surface area contributed by atoms with Gasteiger partial charge >= 0.3 is 6.18 Å². The second-order valence-corrected chi connectivity index (χ2v) is 10.2. The maximum absolute atomic E-state index is 13.6. The van der Waals surface area contributed by atoms with Crippen molar-refractivity contribution in [3.8, 4) is 5.82 Å². The molecular weight excluding hydrogens is 517 g/mol. The standard InChI is InChI=1S/C30H31F3N6O/c1-4-25-16-28(35-18-34-25)39-29(10-20(3)37-39)36-26-13-21(7-6-19(26)2)14-27(40)23-11-22(17-38-8-5-9-38)12-24(15-23)30(31,32)33/h6-7,10-13,15-16,18,36H,4-5,8-9,14,17H2,1-3H3. The number of aromatic nitrogens is 4. The molecule has 0 bridgehead atoms. The molecule has 5 rings (SSSR count). The maximum Gasteiger partial charge on any atom is 0.416 e. The highest BCUT2D eigenvalue weighted by molar-refractivity contribution is 5.98. The molecule has 1 N–H and O–H groups in total. The minimum atomic E-state index is -4.52. The number of nitrogens with one attached hydrogen (secondary N) is 1. The number of alkyl halides is 3. The fraction of sp³-hybridized carbons (Fsp3) is 0.333. The average Bonchev–Trinajstić information content (AvgIpc) is 3.27. The fourth-order valence-electron chi connectivity index (χ4n) is 4.70. The third kappa shape index (κ3) is 6.22. The predicted molar refractivity (Wildman–Crippen MR) is 147 cm³/mol. The maximum atomic E-state index is 13.6. The summed E-state index contributed by atoms with van der Waals surface area (Å²) in [5.41, 5.74) is 3.87. The molecule has 40 heavy (non-hydrogen) atoms. The number of rotatable bonds is 9. The van der Waals surface area contributed by atoms with Crippen LogP contribution in [0.25, 0.3) is 5.82 Å². The molecule has 2 aromatic carbocycles. The van der Waals surface area contributed by atoms with Gasteiger partial charge in [-0.1, -0.05) is 19.1 Å². The van der Waals surface area contributed by atoms with Crippen LogP contribution in [-0.2, 0) is 25.6 Å². The first kappa shape index (κ1) is 27.5. The highest BCUT2D eigenvalue weighted by Gasteiger charge is 2.32. The van der Waals surface area contributed by atoms with Crippen LogP contribution in [0.4, 0.5) is 24.7 Å². The van der Waals surface area contributed by atoms with E-state index in [1.165, 1.54) is 6.33 Å². The lowest BCUT2D eigenvalue weighted by atomic mass is 9.97. The topological polar surface area (TPSA) is 75.9 Å². The quantitative estimate of drug-likeness (QED) is 0.250. The van der Waals surface area contributed by atoms with Gasteiger partial charge in [-0.25, -0.2) is 9.97 Å². The summed E-state index contributed by atoms with van der Waals surface area (Å²) < 4.78 is 42.6. The van der Waals surface area contributed by atoms with Crippen molar-refractivity contribution in [3.63, 3.8) is 0 Å². The molecule has 0 aliphatic carbocycles. The van der Waals surface area contributed by atoms with Crippen molar-refractivity contribution in [1.82, 2.24) is 24.6 Å². The summed E-state index contributed by atoms with van der Waals surface area (Å²) in [6.07, 6.45) is -1.24. The van der Waals surface area contributed by atoms with Gasteiger partial charge in [-0.15, -0.1) is 0 Å². The van der Waals surface area contributed by atoms with E-state index in [1.807, 2.05) is 51.1 Å². The van der Waals surface area contributed by atoms with Gasteiger partial charge in [0.2, 0.25) is 0 Å². The number of likely N-dealkylation sites (tertiary alicyclic amines) is 1. The van der Waals surface area contributed by atoms with Crippen LogP contribution in [0.5, 0.6) is 0 Å². The third-order valence-electron chi connectivity index (χ3n) is 7.05. The Hall–Kier alpha value is -4.05. The van der Waals surface area contributed by atoms with E-state index in [9.17, 15) is 18.0 Å². The van der Waals surface area contributed by atoms with Crippen LogP contribution in [0.2, 0.25) is 0 Å². The summed E-state index contributed by atoms with van der Waals surface area (Å²) >= 11 is 0. The van der Waals surface area contributed by atoms with Gasteiger partial charge in [0.15, 0.2) is 11.6 Å². The predicted octanol–water partition coefficient (Wildman–Crippen LogP) is 6.24. The van der Waals surface area contributed by atoms with Crippen LogP contribution in [0.15, 0.2) is 54.9 Å². The SMILES string of the molecule is CCc1cc(-n2nc(C)cc2Nc2cc(CC(=O)c3cc(CN4CCC4)cc(C(F)(F)F)c3)ccc2C)ncn1. The summed E-state index contributed by atoms with van der Waals surface area (Å²) in [4.78, 5) is 23.9. The molecule has 0 amide bonds. The first-order valence-electron chi connectivity index (χ1n) is 13.3. The second-order valence-electron chi connectivity index (χ2n) is 10.2. The van der Waals surface area contributed by atoms with Crippen molar-refractivity contribution in [3.05, 3.63) is 94.1 Å². The number of ketones is 1. The Morgan fingerprint density at radius 2 is 1.80 bits per heavy atom. The monoisotopic (exact) mass is 548 g/mol. The summed E-state index contributed by atoms with van der Waals surface area (Å²) in [5, 5.41) is 7.97. The van der Waals surface area contributed by atoms with Crippen molar-refractivity contribution in [2.75, 3.05) is 18.4 Å². The zero-order valence-electron chi connectivity index (χ0n) is 22.7. The highest BCUT2D eigenvalue weighted by atomic mass is 19.4. The number of halogens is 3. The molecule has 208 valence electrons. The van der Waals surface area contributed by atoms with Crippen molar-refractivity contribution in [2.45, 2.75) is 52.8 Å². The van der Waals surface area contributed by atoms with Crippen molar-refractivity contribution < 1.29 is 18.0 Å². The van der Waals surface area contributed by atoms with E-state index in [1.54, 1.807) is 10.7 Å². The van der Waals surface area contributed by atoms with Crippen molar-refractivity contribution in [1.29, 1.82) is 0 Å². The van der Waals surface area contributed by atoms with Gasteiger partial charge < -0.3 is 5.32 Å². The molecule has 3 heterocycles. The van der Waals surface area contributed by atoms with Crippen molar-refractivity contribution in [2.24, 2.45) is 0 Å². The molecule has 1 aliphatic rings. The Kier molecular flexibility index (Phi) is 7.71. The number of carbonyl (C=O) groups is 1. The zero-order valence-corrected chi connectivity index (χ0v) is 22.7. The molecular formula is C30H31F3N6O. The summed E-state index contributed by atoms with van der Waals surface area (Å²) in [7, 11) is 0. The molecule has 0 spiro atoms. The van der Waals surface area contributed by atoms with Gasteiger partial charge in [-0.05, 0) is 80.7 Å². The highest BCUT2D eigenvalue weighted by Crippen LogP contribution is 2.32. The largest absolute Gasteiger partial charge is 0.416 e. The van der Waals surface area contributed by atoms with Gasteiger partial charge in [-0.3, -0.25) is 9.69 Å². The number of anilines is 2. The number of Topliss-reactive ketones (excluding diaryl/α,β-unsaturated/α-hetero) is 1. The Morgan fingerprint density at radius 1 is 1.00 bits per heavy atom. The fourth-order valence-corrected chi connectivity index (χ4v) is 4.70. The van der Waals surface area contributed by atoms with E-state index in [-0.39, 0.29) is 17.8 Å². The lowest BCUT2D eigenvalue weighted by Gasteiger charge is -2.31. The summed E-state index contributed by atoms with van der Waals surface area (Å²) in [5.74, 6) is 0.961. The van der Waals surface area contributed by atoms with Gasteiger partial charge in [0, 0.05) is 42.0 Å². The molecule has 0 radical (unpaired) electrons. The van der Waals surface area contributed by atoms with E-state index in [2.05, 4.69) is 25.3 Å². The van der Waals surface area contributed by atoms with E-state index < -0.39 is 11.7 Å². The minimum Gasteiger partial charge on any atom is -0.340 e. The molecule has 7 nitrogen and oxygen atoms in total. The third-order valence-corrected chi connectivity index (χ3v) is 7.05. The van der Waals surface area contributed by atoms with E-state index in [0.717, 1.165) is 60.7 Å². The van der Waals surface area contributed by atoms with Crippen LogP contribution in [0.3, 0.4) is 0 Å². The first-order chi connectivity index (χ1) is 19.1. The molecule has 2 aromatic heterocycles. The van der Waals surface area contributed by atoms with Crippen LogP contribution in [0, 0.1) is 13.8 Å². The molecule has 4 aromatic rings. The zero-order chi connectivity index (χ0) is 28.4. The number of benzene rings is 2. The van der Waals surface area contributed by atoms with Gasteiger partial charge in [0.05, 0.1) is 11.3 Å². The average molecular weight is 549 g/mol. The molecule has 0 saturated carbocycles. The molecule has 1 saturated heterocycles. The van der Waals surface area contributed by atoms with Crippen molar-refractivity contribution >= 4 is 17.3 Å². The first-order valence-corrected chi connectivity index (χ1v) is 13.3. The Bertz CT molecular complexity index is 1540. The number of hydrogen-bond acceptors (Lipinski definition) is 6. The van der Waals surface area contributed by atoms with Gasteiger partial charge in [0.25, 0.3) is 0 Å². The van der Waals surface area contributed by atoms with Gasteiger partial charge in [0.1, 0.15) is 12.1 Å². The van der Waals surface area contributed by atoms with Crippen LogP contribution < -0.4 is 5.32 Å². The molecule has 0 atom stereocenters. The Morgan fingerprint density at radius 3 is 2.50 bits per heavy atom. The Balaban J connectivity index is 1.39. The van der Waals surface area contributed by atoms with E-state index >= 15 is 0 Å². The smallest absolute Gasteiger partial charge is 0.340 e. The molecule has 1 aliphatic heterocycles. The number of aryl methyl sites for hydroxylation is 3.